The lowest BCUT2D eigenvalue weighted by Gasteiger charge is -2.35. The van der Waals surface area contributed by atoms with Crippen molar-refractivity contribution in [2.45, 2.75) is 0 Å². The van der Waals surface area contributed by atoms with E-state index in [4.69, 9.17) is 4.74 Å². The molecule has 1 fully saturated rings. The minimum atomic E-state index is -0.0577. The Bertz CT molecular complexity index is 751. The van der Waals surface area contributed by atoms with Crippen LogP contribution >= 0.6 is 0 Å². The van der Waals surface area contributed by atoms with Crippen molar-refractivity contribution in [1.82, 2.24) is 24.9 Å². The standard InChI is InChI=1S/C16H23N7O2/c1-20(2)12-9-14(18-17-10-12)22-5-7-23(8-6-22)16(24)13-11-21(3)19-15(13)25-4/h9-11H,5-8H2,1-4H3. The Hall–Kier alpha value is -2.84. The zero-order valence-corrected chi connectivity index (χ0v) is 15.0. The highest BCUT2D eigenvalue weighted by Crippen LogP contribution is 2.21. The van der Waals surface area contributed by atoms with Gasteiger partial charge in [0.2, 0.25) is 5.88 Å². The molecule has 1 aliphatic rings. The number of ether oxygens (including phenoxy) is 1. The van der Waals surface area contributed by atoms with E-state index in [1.165, 1.54) is 7.11 Å². The lowest BCUT2D eigenvalue weighted by atomic mass is 10.2. The maximum absolute atomic E-state index is 12.7. The Kier molecular flexibility index (Phi) is 4.73. The van der Waals surface area contributed by atoms with Gasteiger partial charge in [-0.05, 0) is 0 Å². The van der Waals surface area contributed by atoms with Gasteiger partial charge in [0, 0.05) is 59.6 Å². The van der Waals surface area contributed by atoms with E-state index < -0.39 is 0 Å². The van der Waals surface area contributed by atoms with Crippen LogP contribution in [0.25, 0.3) is 0 Å². The summed E-state index contributed by atoms with van der Waals surface area (Å²) in [4.78, 5) is 18.7. The van der Waals surface area contributed by atoms with Crippen LogP contribution in [0.3, 0.4) is 0 Å². The first kappa shape index (κ1) is 17.0. The second-order valence-corrected chi connectivity index (χ2v) is 6.17. The van der Waals surface area contributed by atoms with Crippen LogP contribution in [0.4, 0.5) is 11.5 Å². The molecule has 0 radical (unpaired) electrons. The second kappa shape index (κ2) is 6.96. The molecular weight excluding hydrogens is 322 g/mol. The summed E-state index contributed by atoms with van der Waals surface area (Å²) in [5, 5.41) is 12.4. The molecule has 3 rings (SSSR count). The van der Waals surface area contributed by atoms with Crippen molar-refractivity contribution in [2.75, 3.05) is 57.2 Å². The summed E-state index contributed by atoms with van der Waals surface area (Å²) in [5.74, 6) is 1.13. The van der Waals surface area contributed by atoms with Crippen molar-refractivity contribution in [1.29, 1.82) is 0 Å². The highest BCUT2D eigenvalue weighted by atomic mass is 16.5. The topological polar surface area (TPSA) is 79.6 Å². The summed E-state index contributed by atoms with van der Waals surface area (Å²) in [6, 6.07) is 2.01. The first-order chi connectivity index (χ1) is 12.0. The summed E-state index contributed by atoms with van der Waals surface area (Å²) in [7, 11) is 7.23. The summed E-state index contributed by atoms with van der Waals surface area (Å²) in [5.41, 5.74) is 1.50. The Balaban J connectivity index is 1.67. The molecular formula is C16H23N7O2. The van der Waals surface area contributed by atoms with E-state index in [9.17, 15) is 4.79 Å². The van der Waals surface area contributed by atoms with Crippen LogP contribution in [0.1, 0.15) is 10.4 Å². The zero-order valence-electron chi connectivity index (χ0n) is 15.0. The van der Waals surface area contributed by atoms with Crippen LogP contribution in [0.2, 0.25) is 0 Å². The van der Waals surface area contributed by atoms with Gasteiger partial charge in [-0.2, -0.15) is 5.10 Å². The molecule has 0 atom stereocenters. The molecule has 3 heterocycles. The molecule has 0 N–H and O–H groups in total. The summed E-state index contributed by atoms with van der Waals surface area (Å²) in [6.45, 7) is 2.65. The first-order valence-electron chi connectivity index (χ1n) is 8.11. The van der Waals surface area contributed by atoms with Crippen LogP contribution in [0, 0.1) is 0 Å². The Morgan fingerprint density at radius 3 is 2.60 bits per heavy atom. The molecule has 1 saturated heterocycles. The van der Waals surface area contributed by atoms with Gasteiger partial charge in [0.25, 0.3) is 5.91 Å². The van der Waals surface area contributed by atoms with E-state index in [0.717, 1.165) is 11.5 Å². The van der Waals surface area contributed by atoms with Crippen LogP contribution < -0.4 is 14.5 Å². The number of aromatic nitrogens is 4. The third-order valence-electron chi connectivity index (χ3n) is 4.25. The molecule has 1 amide bonds. The lowest BCUT2D eigenvalue weighted by molar-refractivity contribution is 0.0743. The SMILES string of the molecule is COc1nn(C)cc1C(=O)N1CCN(c2cc(N(C)C)cnn2)CC1. The molecule has 2 aromatic rings. The van der Waals surface area contributed by atoms with Crippen LogP contribution in [0.5, 0.6) is 5.88 Å². The average molecular weight is 345 g/mol. The molecule has 0 aliphatic carbocycles. The van der Waals surface area contributed by atoms with Crippen molar-refractivity contribution in [3.8, 4) is 5.88 Å². The summed E-state index contributed by atoms with van der Waals surface area (Å²) >= 11 is 0. The largest absolute Gasteiger partial charge is 0.479 e. The quantitative estimate of drug-likeness (QED) is 0.786. The third kappa shape index (κ3) is 3.49. The Morgan fingerprint density at radius 1 is 1.24 bits per heavy atom. The van der Waals surface area contributed by atoms with Gasteiger partial charge in [0.1, 0.15) is 5.56 Å². The fourth-order valence-corrected chi connectivity index (χ4v) is 2.82. The van der Waals surface area contributed by atoms with Crippen molar-refractivity contribution < 1.29 is 9.53 Å². The zero-order chi connectivity index (χ0) is 18.0. The minimum Gasteiger partial charge on any atom is -0.479 e. The minimum absolute atomic E-state index is 0.0577. The maximum Gasteiger partial charge on any atom is 0.261 e. The fourth-order valence-electron chi connectivity index (χ4n) is 2.82. The van der Waals surface area contributed by atoms with E-state index in [2.05, 4.69) is 20.2 Å². The highest BCUT2D eigenvalue weighted by molar-refractivity contribution is 5.96. The highest BCUT2D eigenvalue weighted by Gasteiger charge is 2.26. The van der Waals surface area contributed by atoms with Gasteiger partial charge in [-0.25, -0.2) is 0 Å². The molecule has 1 aliphatic heterocycles. The van der Waals surface area contributed by atoms with Gasteiger partial charge in [-0.3, -0.25) is 9.48 Å². The average Bonchev–Trinajstić information content (AvgIpc) is 3.02. The van der Waals surface area contributed by atoms with Crippen LogP contribution in [-0.4, -0.2) is 78.2 Å². The molecule has 9 nitrogen and oxygen atoms in total. The number of piperazine rings is 1. The molecule has 0 unspecified atom stereocenters. The fraction of sp³-hybridized carbons (Fsp3) is 0.500. The van der Waals surface area contributed by atoms with Gasteiger partial charge in [0.05, 0.1) is 19.0 Å². The third-order valence-corrected chi connectivity index (χ3v) is 4.25. The number of rotatable bonds is 4. The van der Waals surface area contributed by atoms with E-state index in [1.807, 2.05) is 30.0 Å². The van der Waals surface area contributed by atoms with Crippen molar-refractivity contribution in [3.63, 3.8) is 0 Å². The van der Waals surface area contributed by atoms with Crippen molar-refractivity contribution in [3.05, 3.63) is 24.0 Å². The normalized spacial score (nSPS) is 14.6. The smallest absolute Gasteiger partial charge is 0.261 e. The number of hydrogen-bond acceptors (Lipinski definition) is 7. The number of amides is 1. The number of nitrogens with zero attached hydrogens (tertiary/aromatic N) is 7. The van der Waals surface area contributed by atoms with Gasteiger partial charge in [0.15, 0.2) is 5.82 Å². The molecule has 9 heteroatoms. The molecule has 0 bridgehead atoms. The maximum atomic E-state index is 12.7. The molecule has 0 saturated carbocycles. The van der Waals surface area contributed by atoms with E-state index >= 15 is 0 Å². The van der Waals surface area contributed by atoms with Crippen molar-refractivity contribution in [2.24, 2.45) is 7.05 Å². The second-order valence-electron chi connectivity index (χ2n) is 6.17. The monoisotopic (exact) mass is 345 g/mol. The van der Waals surface area contributed by atoms with Gasteiger partial charge >= 0.3 is 0 Å². The van der Waals surface area contributed by atoms with E-state index in [1.54, 1.807) is 24.1 Å². The van der Waals surface area contributed by atoms with Gasteiger partial charge < -0.3 is 19.4 Å². The number of hydrogen-bond donors (Lipinski definition) is 0. The number of methoxy groups -OCH3 is 1. The first-order valence-corrected chi connectivity index (χ1v) is 8.11. The number of carbonyl (C=O) groups is 1. The number of aryl methyl sites for hydroxylation is 1. The molecule has 25 heavy (non-hydrogen) atoms. The summed E-state index contributed by atoms with van der Waals surface area (Å²) in [6.07, 6.45) is 3.43. The molecule has 134 valence electrons. The predicted octanol–water partition coefficient (Wildman–Crippen LogP) is 0.247. The molecule has 0 spiro atoms. The Morgan fingerprint density at radius 2 is 1.96 bits per heavy atom. The molecule has 2 aromatic heterocycles. The number of carbonyl (C=O) groups excluding carboxylic acids is 1. The molecule has 0 aromatic carbocycles. The van der Waals surface area contributed by atoms with Crippen LogP contribution in [0.15, 0.2) is 18.5 Å². The summed E-state index contributed by atoms with van der Waals surface area (Å²) < 4.78 is 6.78. The number of anilines is 2. The van der Waals surface area contributed by atoms with E-state index in [0.29, 0.717) is 37.6 Å². The van der Waals surface area contributed by atoms with E-state index in [-0.39, 0.29) is 5.91 Å². The lowest BCUT2D eigenvalue weighted by Crippen LogP contribution is -2.49. The van der Waals surface area contributed by atoms with Crippen LogP contribution in [-0.2, 0) is 7.05 Å². The Labute approximate surface area is 146 Å². The van der Waals surface area contributed by atoms with Gasteiger partial charge in [-0.15, -0.1) is 10.2 Å². The van der Waals surface area contributed by atoms with Gasteiger partial charge in [-0.1, -0.05) is 0 Å². The predicted molar refractivity (Wildman–Crippen MR) is 94.2 cm³/mol. The van der Waals surface area contributed by atoms with Crippen molar-refractivity contribution >= 4 is 17.4 Å².